The summed E-state index contributed by atoms with van der Waals surface area (Å²) in [7, 11) is -16.5. The molecule has 0 bridgehead atoms. The van der Waals surface area contributed by atoms with Gasteiger partial charge in [-0.05, 0) is 0 Å². The molecule has 0 spiro atoms. The van der Waals surface area contributed by atoms with E-state index < -0.39 is 66.9 Å². The average Bonchev–Trinajstić information content (AvgIpc) is 2.92. The number of amides is 3. The number of carbonyl (C=O) groups is 2. The fraction of sp³-hybridized carbons (Fsp3) is 0.800. The molecule has 2 saturated heterocycles. The molecule has 5 atom stereocenters. The minimum absolute atomic E-state index is 0.0294. The number of ether oxygens (including phenoxy) is 1. The number of urea groups is 1. The second-order valence-corrected chi connectivity index (χ2v) is 10.4. The van der Waals surface area contributed by atoms with Crippen LogP contribution in [-0.4, -0.2) is 73.6 Å². The maximum Gasteiger partial charge on any atom is 0.490 e. The number of rotatable bonds is 9. The molecule has 0 saturated carbocycles. The summed E-state index contributed by atoms with van der Waals surface area (Å²) in [4.78, 5) is 59.7. The molecule has 29 heavy (non-hydrogen) atoms. The van der Waals surface area contributed by atoms with Gasteiger partial charge in [-0.15, -0.1) is 0 Å². The first kappa shape index (κ1) is 24.5. The second kappa shape index (κ2) is 9.18. The van der Waals surface area contributed by atoms with Crippen LogP contribution in [0.2, 0.25) is 0 Å². The highest BCUT2D eigenvalue weighted by Gasteiger charge is 2.44. The normalized spacial score (nSPS) is 30.0. The monoisotopic (exact) mass is 484 g/mol. The van der Waals surface area contributed by atoms with Crippen LogP contribution in [0.15, 0.2) is 0 Å². The van der Waals surface area contributed by atoms with Gasteiger partial charge in [-0.2, -0.15) is 8.62 Å². The predicted octanol–water partition coefficient (Wildman–Crippen LogP) is -1.00. The van der Waals surface area contributed by atoms with Crippen molar-refractivity contribution in [3.8, 4) is 0 Å². The van der Waals surface area contributed by atoms with Gasteiger partial charge in [-0.25, -0.2) is 18.5 Å². The highest BCUT2D eigenvalue weighted by molar-refractivity contribution is 7.66. The summed E-state index contributed by atoms with van der Waals surface area (Å²) >= 11 is 0. The Morgan fingerprint density at radius 2 is 1.76 bits per heavy atom. The van der Waals surface area contributed by atoms with Crippen LogP contribution in [0.4, 0.5) is 4.79 Å². The molecule has 0 aromatic heterocycles. The molecular weight excluding hydrogens is 465 g/mol. The number of hydrogen-bond donors (Lipinski definition) is 6. The summed E-state index contributed by atoms with van der Waals surface area (Å²) in [6, 6.07) is -0.712. The second-order valence-electron chi connectivity index (χ2n) is 5.99. The van der Waals surface area contributed by atoms with Gasteiger partial charge < -0.3 is 29.4 Å². The van der Waals surface area contributed by atoms with Crippen LogP contribution < -0.4 is 5.32 Å². The molecule has 19 heteroatoms. The number of hydrogen-bond acceptors (Lipinski definition) is 10. The molecule has 0 aromatic carbocycles. The Labute approximate surface area is 163 Å². The zero-order valence-electron chi connectivity index (χ0n) is 14.5. The van der Waals surface area contributed by atoms with Gasteiger partial charge in [-0.3, -0.25) is 19.5 Å². The van der Waals surface area contributed by atoms with Gasteiger partial charge in [0, 0.05) is 31.9 Å². The number of nitrogens with zero attached hydrogens (tertiary/aromatic N) is 1. The maximum absolute atomic E-state index is 11.9. The van der Waals surface area contributed by atoms with Crippen molar-refractivity contribution in [1.82, 2.24) is 10.2 Å². The Bertz CT molecular complexity index is 784. The van der Waals surface area contributed by atoms with Crippen LogP contribution in [0.25, 0.3) is 0 Å². The molecule has 2 fully saturated rings. The first-order valence-electron chi connectivity index (χ1n) is 7.86. The first-order valence-corrected chi connectivity index (χ1v) is 12.4. The Kier molecular flexibility index (Phi) is 7.77. The number of phosphoric acid groups is 3. The lowest BCUT2D eigenvalue weighted by molar-refractivity contribution is -0.123. The van der Waals surface area contributed by atoms with Crippen molar-refractivity contribution in [3.05, 3.63) is 0 Å². The van der Waals surface area contributed by atoms with E-state index in [9.17, 15) is 33.3 Å². The van der Waals surface area contributed by atoms with E-state index in [1.807, 2.05) is 0 Å². The van der Waals surface area contributed by atoms with Gasteiger partial charge in [0.2, 0.25) is 5.91 Å². The van der Waals surface area contributed by atoms with Crippen LogP contribution >= 0.6 is 23.5 Å². The number of aliphatic hydroxyl groups excluding tert-OH is 1. The fourth-order valence-electron chi connectivity index (χ4n) is 2.67. The minimum atomic E-state index is -5.65. The number of carbonyl (C=O) groups excluding carboxylic acids is 2. The van der Waals surface area contributed by atoms with Crippen LogP contribution in [-0.2, 0) is 36.4 Å². The molecule has 3 amide bonds. The predicted molar refractivity (Wildman–Crippen MR) is 88.5 cm³/mol. The van der Waals surface area contributed by atoms with Crippen molar-refractivity contribution in [3.63, 3.8) is 0 Å². The summed E-state index contributed by atoms with van der Waals surface area (Å²) < 4.78 is 50.8. The molecule has 2 rings (SSSR count). The van der Waals surface area contributed by atoms with E-state index in [2.05, 4.69) is 18.5 Å². The molecule has 6 N–H and O–H groups in total. The Hall–Kier alpha value is -0.730. The smallest absolute Gasteiger partial charge is 0.396 e. The minimum Gasteiger partial charge on any atom is -0.396 e. The van der Waals surface area contributed by atoms with Gasteiger partial charge >= 0.3 is 29.5 Å². The molecule has 2 aliphatic rings. The van der Waals surface area contributed by atoms with Gasteiger partial charge in [0.05, 0.1) is 12.7 Å². The maximum atomic E-state index is 11.9. The van der Waals surface area contributed by atoms with E-state index in [0.29, 0.717) is 0 Å². The van der Waals surface area contributed by atoms with E-state index in [1.54, 1.807) is 0 Å². The summed E-state index contributed by atoms with van der Waals surface area (Å²) in [5, 5.41) is 11.5. The standard InChI is InChI=1S/C10H19N2O14P3/c13-4-6-3-9(12-2-1-8(14)11-10(12)15)24-7(6)5-23-28(19,20)26-29(21,22)25-27(16,17)18/h6-7,9,13H,1-5H2,(H,19,20)(H,21,22)(H,11,14,15)(H2,16,17,18)/t6-,7-,9-/m1/s1. The lowest BCUT2D eigenvalue weighted by Crippen LogP contribution is -2.53. The SMILES string of the molecule is O=C1CCN([C@H]2C[C@H](CO)[C@@H](COP(=O)(O)OP(=O)(O)OP(=O)(O)O)O2)C(=O)N1. The quantitative estimate of drug-likeness (QED) is 0.215. The summed E-state index contributed by atoms with van der Waals surface area (Å²) in [6.07, 6.45) is -1.81. The van der Waals surface area contributed by atoms with Crippen molar-refractivity contribution >= 4 is 35.4 Å². The van der Waals surface area contributed by atoms with E-state index in [-0.39, 0.29) is 19.4 Å². The lowest BCUT2D eigenvalue weighted by Gasteiger charge is -2.31. The van der Waals surface area contributed by atoms with Crippen molar-refractivity contribution in [2.75, 3.05) is 19.8 Å². The lowest BCUT2D eigenvalue weighted by atomic mass is 10.0. The third-order valence-electron chi connectivity index (χ3n) is 3.85. The van der Waals surface area contributed by atoms with E-state index in [1.165, 1.54) is 4.90 Å². The average molecular weight is 484 g/mol. The van der Waals surface area contributed by atoms with Gasteiger partial charge in [0.25, 0.3) is 0 Å². The van der Waals surface area contributed by atoms with Gasteiger partial charge in [0.1, 0.15) is 6.23 Å². The molecule has 2 aliphatic heterocycles. The Morgan fingerprint density at radius 1 is 1.10 bits per heavy atom. The fourth-order valence-corrected chi connectivity index (χ4v) is 5.70. The van der Waals surface area contributed by atoms with Crippen LogP contribution in [0.3, 0.4) is 0 Å². The number of nitrogens with one attached hydrogen (secondary N) is 1. The van der Waals surface area contributed by atoms with Crippen molar-refractivity contribution < 1.29 is 65.8 Å². The van der Waals surface area contributed by atoms with E-state index >= 15 is 0 Å². The number of aliphatic hydroxyl groups is 1. The zero-order valence-corrected chi connectivity index (χ0v) is 17.2. The molecule has 16 nitrogen and oxygen atoms in total. The Morgan fingerprint density at radius 3 is 2.31 bits per heavy atom. The van der Waals surface area contributed by atoms with Gasteiger partial charge in [-0.1, -0.05) is 0 Å². The highest BCUT2D eigenvalue weighted by atomic mass is 31.3. The topological polar surface area (TPSA) is 239 Å². The van der Waals surface area contributed by atoms with Crippen molar-refractivity contribution in [1.29, 1.82) is 0 Å². The molecule has 2 unspecified atom stereocenters. The van der Waals surface area contributed by atoms with Crippen molar-refractivity contribution in [2.24, 2.45) is 5.92 Å². The Balaban J connectivity index is 1.95. The highest BCUT2D eigenvalue weighted by Crippen LogP contribution is 2.66. The molecule has 0 radical (unpaired) electrons. The molecule has 168 valence electrons. The van der Waals surface area contributed by atoms with E-state index in [0.717, 1.165) is 0 Å². The van der Waals surface area contributed by atoms with Crippen molar-refractivity contribution in [2.45, 2.75) is 25.2 Å². The molecular formula is C10H19N2O14P3. The van der Waals surface area contributed by atoms with Crippen LogP contribution in [0.1, 0.15) is 12.8 Å². The molecule has 2 heterocycles. The molecule has 0 aliphatic carbocycles. The third kappa shape index (κ3) is 7.47. The number of imide groups is 1. The first-order chi connectivity index (χ1) is 13.2. The summed E-state index contributed by atoms with van der Waals surface area (Å²) in [6.45, 7) is -1.16. The number of phosphoric ester groups is 1. The van der Waals surface area contributed by atoms with E-state index in [4.69, 9.17) is 19.4 Å². The summed E-state index contributed by atoms with van der Waals surface area (Å²) in [5.74, 6) is -1.13. The van der Waals surface area contributed by atoms with Gasteiger partial charge in [0.15, 0.2) is 0 Å². The largest absolute Gasteiger partial charge is 0.490 e. The van der Waals surface area contributed by atoms with Crippen LogP contribution in [0.5, 0.6) is 0 Å². The van der Waals surface area contributed by atoms with Crippen LogP contribution in [0, 0.1) is 5.92 Å². The summed E-state index contributed by atoms with van der Waals surface area (Å²) in [5.41, 5.74) is 0. The zero-order chi connectivity index (χ0) is 22.0. The molecule has 0 aromatic rings. The third-order valence-corrected chi connectivity index (χ3v) is 7.65.